The minimum atomic E-state index is -0.322. The summed E-state index contributed by atoms with van der Waals surface area (Å²) in [5.74, 6) is 0.587. The highest BCUT2D eigenvalue weighted by molar-refractivity contribution is 5.79. The summed E-state index contributed by atoms with van der Waals surface area (Å²) in [5.41, 5.74) is 2.50. The summed E-state index contributed by atoms with van der Waals surface area (Å²) in [6, 6.07) is 14.7. The van der Waals surface area contributed by atoms with E-state index >= 15 is 0 Å². The normalized spacial score (nSPS) is 18.0. The van der Waals surface area contributed by atoms with Crippen LogP contribution in [-0.2, 0) is 6.54 Å². The molecular weight excluding hydrogens is 293 g/mol. The fraction of sp³-hybridized carbons (Fsp3) is 0.278. The predicted octanol–water partition coefficient (Wildman–Crippen LogP) is 2.79. The number of para-hydroxylation sites is 2. The van der Waals surface area contributed by atoms with Crippen LogP contribution in [0, 0.1) is 5.82 Å². The summed E-state index contributed by atoms with van der Waals surface area (Å²) in [7, 11) is 0. The molecular formula is C18H18FN3O. The first-order chi connectivity index (χ1) is 11.2. The number of benzene rings is 2. The molecule has 0 bridgehead atoms. The highest BCUT2D eigenvalue weighted by Crippen LogP contribution is 2.27. The fourth-order valence-electron chi connectivity index (χ4n) is 3.18. The standard InChI is InChI=1S/C18H18FN3O/c19-15-6-2-1-5-13(15)11-22-17-8-4-3-7-16(17)20-18(22)21-10-9-14(23)12-21/h1-8,14,23H,9-12H2. The number of anilines is 1. The van der Waals surface area contributed by atoms with E-state index in [1.165, 1.54) is 6.07 Å². The highest BCUT2D eigenvalue weighted by atomic mass is 19.1. The van der Waals surface area contributed by atoms with Crippen LogP contribution in [-0.4, -0.2) is 33.9 Å². The lowest BCUT2D eigenvalue weighted by atomic mass is 10.2. The number of aliphatic hydroxyl groups is 1. The molecule has 0 aliphatic carbocycles. The molecule has 1 atom stereocenters. The predicted molar refractivity (Wildman–Crippen MR) is 88.1 cm³/mol. The maximum Gasteiger partial charge on any atom is 0.206 e. The van der Waals surface area contributed by atoms with Crippen molar-refractivity contribution < 1.29 is 9.50 Å². The number of imidazole rings is 1. The van der Waals surface area contributed by atoms with Crippen molar-refractivity contribution in [2.75, 3.05) is 18.0 Å². The number of β-amino-alcohol motifs (C(OH)–C–C–N with tert-alkyl or cyclic N) is 1. The van der Waals surface area contributed by atoms with Gasteiger partial charge in [0.05, 0.1) is 23.7 Å². The Kier molecular flexibility index (Phi) is 3.50. The fourth-order valence-corrected chi connectivity index (χ4v) is 3.18. The van der Waals surface area contributed by atoms with E-state index in [4.69, 9.17) is 4.98 Å². The Labute approximate surface area is 133 Å². The van der Waals surface area contributed by atoms with E-state index in [2.05, 4.69) is 4.90 Å². The van der Waals surface area contributed by atoms with Crippen LogP contribution in [0.2, 0.25) is 0 Å². The number of fused-ring (bicyclic) bond motifs is 1. The maximum absolute atomic E-state index is 14.1. The molecule has 23 heavy (non-hydrogen) atoms. The molecule has 118 valence electrons. The van der Waals surface area contributed by atoms with E-state index in [0.29, 0.717) is 18.7 Å². The third kappa shape index (κ3) is 2.57. The Hall–Kier alpha value is -2.40. The Bertz CT molecular complexity index is 845. The van der Waals surface area contributed by atoms with Crippen molar-refractivity contribution in [1.29, 1.82) is 0 Å². The summed E-state index contributed by atoms with van der Waals surface area (Å²) in [5, 5.41) is 9.82. The zero-order valence-electron chi connectivity index (χ0n) is 12.7. The van der Waals surface area contributed by atoms with E-state index in [1.54, 1.807) is 12.1 Å². The smallest absolute Gasteiger partial charge is 0.206 e. The van der Waals surface area contributed by atoms with Crippen LogP contribution >= 0.6 is 0 Å². The van der Waals surface area contributed by atoms with Crippen LogP contribution in [0.3, 0.4) is 0 Å². The maximum atomic E-state index is 14.1. The molecule has 4 rings (SSSR count). The highest BCUT2D eigenvalue weighted by Gasteiger charge is 2.25. The summed E-state index contributed by atoms with van der Waals surface area (Å²) in [6.07, 6.45) is 0.417. The molecule has 3 aromatic rings. The summed E-state index contributed by atoms with van der Waals surface area (Å²) in [6.45, 7) is 1.76. The topological polar surface area (TPSA) is 41.3 Å². The van der Waals surface area contributed by atoms with Gasteiger partial charge >= 0.3 is 0 Å². The molecule has 1 aromatic heterocycles. The van der Waals surface area contributed by atoms with E-state index in [0.717, 1.165) is 29.9 Å². The second-order valence-corrected chi connectivity index (χ2v) is 5.97. The first-order valence-electron chi connectivity index (χ1n) is 7.84. The van der Waals surface area contributed by atoms with Crippen LogP contribution in [0.1, 0.15) is 12.0 Å². The molecule has 1 unspecified atom stereocenters. The van der Waals surface area contributed by atoms with Gasteiger partial charge in [-0.2, -0.15) is 0 Å². The second kappa shape index (κ2) is 5.66. The molecule has 1 aliphatic rings. The molecule has 1 saturated heterocycles. The van der Waals surface area contributed by atoms with Crippen LogP contribution in [0.5, 0.6) is 0 Å². The molecule has 2 heterocycles. The van der Waals surface area contributed by atoms with Crippen LogP contribution in [0.15, 0.2) is 48.5 Å². The Balaban J connectivity index is 1.81. The van der Waals surface area contributed by atoms with Gasteiger partial charge < -0.3 is 14.6 Å². The molecule has 0 amide bonds. The summed E-state index contributed by atoms with van der Waals surface area (Å²) >= 11 is 0. The van der Waals surface area contributed by atoms with Crippen molar-refractivity contribution in [1.82, 2.24) is 9.55 Å². The third-order valence-electron chi connectivity index (χ3n) is 4.37. The lowest BCUT2D eigenvalue weighted by molar-refractivity contribution is 0.198. The van der Waals surface area contributed by atoms with Gasteiger partial charge in [0.2, 0.25) is 5.95 Å². The summed E-state index contributed by atoms with van der Waals surface area (Å²) < 4.78 is 16.1. The van der Waals surface area contributed by atoms with E-state index in [-0.39, 0.29) is 11.9 Å². The lowest BCUT2D eigenvalue weighted by Gasteiger charge is -2.19. The average molecular weight is 311 g/mol. The van der Waals surface area contributed by atoms with Gasteiger partial charge in [0.25, 0.3) is 0 Å². The van der Waals surface area contributed by atoms with Crippen LogP contribution < -0.4 is 4.90 Å². The van der Waals surface area contributed by atoms with Crippen molar-refractivity contribution in [3.8, 4) is 0 Å². The first kappa shape index (κ1) is 14.2. The zero-order chi connectivity index (χ0) is 15.8. The second-order valence-electron chi connectivity index (χ2n) is 5.97. The molecule has 0 saturated carbocycles. The van der Waals surface area contributed by atoms with E-state index < -0.39 is 0 Å². The van der Waals surface area contributed by atoms with Gasteiger partial charge in [-0.3, -0.25) is 0 Å². The zero-order valence-corrected chi connectivity index (χ0v) is 12.7. The largest absolute Gasteiger partial charge is 0.391 e. The SMILES string of the molecule is OC1CCN(c2nc3ccccc3n2Cc2ccccc2F)C1. The van der Waals surface area contributed by atoms with Gasteiger partial charge in [-0.05, 0) is 24.6 Å². The van der Waals surface area contributed by atoms with E-state index in [9.17, 15) is 9.50 Å². The molecule has 1 N–H and O–H groups in total. The number of rotatable bonds is 3. The van der Waals surface area contributed by atoms with Crippen LogP contribution in [0.25, 0.3) is 11.0 Å². The minimum absolute atomic E-state index is 0.210. The molecule has 4 nitrogen and oxygen atoms in total. The number of halogens is 1. The number of aliphatic hydroxyl groups excluding tert-OH is 1. The van der Waals surface area contributed by atoms with Gasteiger partial charge in [-0.1, -0.05) is 30.3 Å². The van der Waals surface area contributed by atoms with Crippen molar-refractivity contribution >= 4 is 17.0 Å². The molecule has 1 aliphatic heterocycles. The molecule has 0 radical (unpaired) electrons. The van der Waals surface area contributed by atoms with Gasteiger partial charge in [0.1, 0.15) is 5.82 Å². The Morgan fingerprint density at radius 3 is 2.70 bits per heavy atom. The van der Waals surface area contributed by atoms with Crippen molar-refractivity contribution in [2.45, 2.75) is 19.1 Å². The van der Waals surface area contributed by atoms with Gasteiger partial charge in [-0.25, -0.2) is 9.37 Å². The Morgan fingerprint density at radius 1 is 1.13 bits per heavy atom. The number of aromatic nitrogens is 2. The van der Waals surface area contributed by atoms with Crippen LogP contribution in [0.4, 0.5) is 10.3 Å². The van der Waals surface area contributed by atoms with Gasteiger partial charge in [-0.15, -0.1) is 0 Å². The third-order valence-corrected chi connectivity index (χ3v) is 4.37. The number of hydrogen-bond acceptors (Lipinski definition) is 3. The average Bonchev–Trinajstić information content (AvgIpc) is 3.14. The Morgan fingerprint density at radius 2 is 1.91 bits per heavy atom. The van der Waals surface area contributed by atoms with E-state index in [1.807, 2.05) is 34.9 Å². The van der Waals surface area contributed by atoms with Crippen molar-refractivity contribution in [3.05, 3.63) is 59.9 Å². The minimum Gasteiger partial charge on any atom is -0.391 e. The lowest BCUT2D eigenvalue weighted by Crippen LogP contribution is -2.25. The number of hydrogen-bond donors (Lipinski definition) is 1. The molecule has 5 heteroatoms. The molecule has 2 aromatic carbocycles. The van der Waals surface area contributed by atoms with Crippen molar-refractivity contribution in [2.24, 2.45) is 0 Å². The van der Waals surface area contributed by atoms with Gasteiger partial charge in [0, 0.05) is 18.7 Å². The van der Waals surface area contributed by atoms with Crippen molar-refractivity contribution in [3.63, 3.8) is 0 Å². The quantitative estimate of drug-likeness (QED) is 0.809. The monoisotopic (exact) mass is 311 g/mol. The molecule has 0 spiro atoms. The van der Waals surface area contributed by atoms with Gasteiger partial charge in [0.15, 0.2) is 0 Å². The number of nitrogens with zero attached hydrogens (tertiary/aromatic N) is 3. The molecule has 1 fully saturated rings. The summed E-state index contributed by atoms with van der Waals surface area (Å²) in [4.78, 5) is 6.79. The first-order valence-corrected chi connectivity index (χ1v) is 7.84.